The SMILES string of the molecule is CC(OC(=O)COC(=O)[C@@H](N)Cc1c[nH]c2ccc(O)cc12)C(C)(C)C. The Morgan fingerprint density at radius 1 is 1.31 bits per heavy atom. The average Bonchev–Trinajstić information content (AvgIpc) is 2.93. The largest absolute Gasteiger partial charge is 0.508 e. The number of aromatic amines is 1. The van der Waals surface area contributed by atoms with Gasteiger partial charge in [-0.05, 0) is 36.1 Å². The third-order valence-corrected chi connectivity index (χ3v) is 4.35. The predicted molar refractivity (Wildman–Crippen MR) is 97.6 cm³/mol. The lowest BCUT2D eigenvalue weighted by Gasteiger charge is -2.26. The van der Waals surface area contributed by atoms with Crippen molar-refractivity contribution in [2.75, 3.05) is 6.61 Å². The minimum atomic E-state index is -0.927. The van der Waals surface area contributed by atoms with Gasteiger partial charge in [-0.2, -0.15) is 0 Å². The Hall–Kier alpha value is -2.54. The number of carbonyl (C=O) groups excluding carboxylic acids is 2. The smallest absolute Gasteiger partial charge is 0.344 e. The standard InChI is InChI=1S/C19H26N2O5/c1-11(19(2,3)4)26-17(23)10-25-18(24)15(20)7-12-9-21-16-6-5-13(22)8-14(12)16/h5-6,8-9,11,15,21-22H,7,10,20H2,1-4H3/t11?,15-/m0/s1. The summed E-state index contributed by atoms with van der Waals surface area (Å²) in [5.41, 5.74) is 7.31. The second-order valence-electron chi connectivity index (χ2n) is 7.46. The van der Waals surface area contributed by atoms with Crippen LogP contribution in [0.4, 0.5) is 0 Å². The number of benzene rings is 1. The van der Waals surface area contributed by atoms with E-state index in [4.69, 9.17) is 15.2 Å². The van der Waals surface area contributed by atoms with Gasteiger partial charge in [-0.25, -0.2) is 4.79 Å². The molecule has 4 N–H and O–H groups in total. The van der Waals surface area contributed by atoms with E-state index in [0.717, 1.165) is 16.5 Å². The Labute approximate surface area is 152 Å². The maximum absolute atomic E-state index is 12.0. The molecule has 0 aliphatic heterocycles. The fraction of sp³-hybridized carbons (Fsp3) is 0.474. The number of aromatic nitrogens is 1. The van der Waals surface area contributed by atoms with E-state index in [9.17, 15) is 14.7 Å². The fourth-order valence-corrected chi connectivity index (χ4v) is 2.30. The molecule has 0 aliphatic rings. The lowest BCUT2D eigenvalue weighted by atomic mass is 9.90. The number of nitrogens with one attached hydrogen (secondary N) is 1. The number of fused-ring (bicyclic) bond motifs is 1. The summed E-state index contributed by atoms with van der Waals surface area (Å²) >= 11 is 0. The lowest BCUT2D eigenvalue weighted by molar-refractivity contribution is -0.165. The van der Waals surface area contributed by atoms with Crippen LogP contribution in [0.15, 0.2) is 24.4 Å². The van der Waals surface area contributed by atoms with E-state index in [-0.39, 0.29) is 23.7 Å². The lowest BCUT2D eigenvalue weighted by Crippen LogP contribution is -2.36. The van der Waals surface area contributed by atoms with Gasteiger partial charge in [0.1, 0.15) is 17.9 Å². The summed E-state index contributed by atoms with van der Waals surface area (Å²) in [6, 6.07) is 3.99. The first-order chi connectivity index (χ1) is 12.1. The van der Waals surface area contributed by atoms with Crippen molar-refractivity contribution in [1.29, 1.82) is 0 Å². The van der Waals surface area contributed by atoms with Crippen molar-refractivity contribution >= 4 is 22.8 Å². The third kappa shape index (κ3) is 4.98. The van der Waals surface area contributed by atoms with Crippen molar-refractivity contribution in [1.82, 2.24) is 4.98 Å². The molecule has 1 aromatic carbocycles. The molecule has 0 fully saturated rings. The zero-order valence-corrected chi connectivity index (χ0v) is 15.5. The average molecular weight is 362 g/mol. The van der Waals surface area contributed by atoms with Crippen molar-refractivity contribution in [3.8, 4) is 5.75 Å². The molecule has 0 spiro atoms. The first-order valence-electron chi connectivity index (χ1n) is 8.48. The normalized spacial score (nSPS) is 14.0. The van der Waals surface area contributed by atoms with E-state index >= 15 is 0 Å². The van der Waals surface area contributed by atoms with Crippen LogP contribution in [0.1, 0.15) is 33.3 Å². The van der Waals surface area contributed by atoms with E-state index in [1.165, 1.54) is 0 Å². The molecule has 2 atom stereocenters. The van der Waals surface area contributed by atoms with E-state index in [1.54, 1.807) is 31.3 Å². The maximum Gasteiger partial charge on any atom is 0.344 e. The molecular formula is C19H26N2O5. The first-order valence-corrected chi connectivity index (χ1v) is 8.48. The number of rotatable bonds is 6. The molecule has 1 aromatic heterocycles. The summed E-state index contributed by atoms with van der Waals surface area (Å²) in [6.45, 7) is 7.17. The molecule has 2 rings (SSSR count). The van der Waals surface area contributed by atoms with Crippen molar-refractivity contribution in [2.24, 2.45) is 11.1 Å². The number of carbonyl (C=O) groups is 2. The number of nitrogens with two attached hydrogens (primary N) is 1. The maximum atomic E-state index is 12.0. The molecule has 142 valence electrons. The summed E-state index contributed by atoms with van der Waals surface area (Å²) in [6.07, 6.45) is 1.65. The van der Waals surface area contributed by atoms with Gasteiger partial charge in [-0.1, -0.05) is 20.8 Å². The van der Waals surface area contributed by atoms with Gasteiger partial charge in [-0.15, -0.1) is 0 Å². The molecular weight excluding hydrogens is 336 g/mol. The van der Waals surface area contributed by atoms with Crippen LogP contribution >= 0.6 is 0 Å². The number of hydrogen-bond acceptors (Lipinski definition) is 6. The molecule has 26 heavy (non-hydrogen) atoms. The molecule has 0 saturated carbocycles. The zero-order chi connectivity index (χ0) is 19.5. The monoisotopic (exact) mass is 362 g/mol. The second-order valence-corrected chi connectivity index (χ2v) is 7.46. The van der Waals surface area contributed by atoms with E-state index in [2.05, 4.69) is 4.98 Å². The molecule has 7 heteroatoms. The van der Waals surface area contributed by atoms with Crippen molar-refractivity contribution in [3.63, 3.8) is 0 Å². The second kappa shape index (κ2) is 7.78. The molecule has 0 bridgehead atoms. The molecule has 2 aromatic rings. The van der Waals surface area contributed by atoms with Crippen molar-refractivity contribution < 1.29 is 24.2 Å². The highest BCUT2D eigenvalue weighted by Gasteiger charge is 2.25. The molecule has 0 radical (unpaired) electrons. The number of ether oxygens (including phenoxy) is 2. The molecule has 0 amide bonds. The van der Waals surface area contributed by atoms with E-state index in [0.29, 0.717) is 0 Å². The Bertz CT molecular complexity index is 791. The van der Waals surface area contributed by atoms with Gasteiger partial charge in [-0.3, -0.25) is 4.79 Å². The van der Waals surface area contributed by atoms with Crippen molar-refractivity contribution in [2.45, 2.75) is 46.3 Å². The van der Waals surface area contributed by atoms with E-state index in [1.807, 2.05) is 20.8 Å². The van der Waals surface area contributed by atoms with Crippen LogP contribution in [-0.2, 0) is 25.5 Å². The molecule has 1 heterocycles. The van der Waals surface area contributed by atoms with Crippen molar-refractivity contribution in [3.05, 3.63) is 30.0 Å². The fourth-order valence-electron chi connectivity index (χ4n) is 2.30. The zero-order valence-electron chi connectivity index (χ0n) is 15.5. The highest BCUT2D eigenvalue weighted by Crippen LogP contribution is 2.24. The quantitative estimate of drug-likeness (QED) is 0.679. The van der Waals surface area contributed by atoms with Gasteiger partial charge in [0.05, 0.1) is 0 Å². The number of aromatic hydroxyl groups is 1. The summed E-state index contributed by atoms with van der Waals surface area (Å²) in [5, 5.41) is 10.4. The molecule has 7 nitrogen and oxygen atoms in total. The Morgan fingerprint density at radius 2 is 2.00 bits per heavy atom. The summed E-state index contributed by atoms with van der Waals surface area (Å²) in [5.74, 6) is -1.16. The summed E-state index contributed by atoms with van der Waals surface area (Å²) in [4.78, 5) is 26.9. The van der Waals surface area contributed by atoms with Gasteiger partial charge in [0.25, 0.3) is 0 Å². The minimum absolute atomic E-state index is 0.130. The Kier molecular flexibility index (Phi) is 5.92. The first kappa shape index (κ1) is 19.8. The Morgan fingerprint density at radius 3 is 2.65 bits per heavy atom. The van der Waals surface area contributed by atoms with Crippen LogP contribution < -0.4 is 5.73 Å². The number of hydrogen-bond donors (Lipinski definition) is 3. The van der Waals surface area contributed by atoms with Crippen LogP contribution in [0.2, 0.25) is 0 Å². The van der Waals surface area contributed by atoms with Gasteiger partial charge in [0.15, 0.2) is 6.61 Å². The molecule has 0 aliphatic carbocycles. The number of phenolic OH excluding ortho intramolecular Hbond substituents is 1. The summed E-state index contributed by atoms with van der Waals surface area (Å²) in [7, 11) is 0. The molecule has 0 saturated heterocycles. The van der Waals surface area contributed by atoms with E-state index < -0.39 is 24.6 Å². The van der Waals surface area contributed by atoms with Crippen LogP contribution in [0, 0.1) is 5.41 Å². The van der Waals surface area contributed by atoms with Crippen LogP contribution in [0.5, 0.6) is 5.75 Å². The highest BCUT2D eigenvalue weighted by atomic mass is 16.6. The van der Waals surface area contributed by atoms with Crippen LogP contribution in [0.3, 0.4) is 0 Å². The third-order valence-electron chi connectivity index (χ3n) is 4.35. The van der Waals surface area contributed by atoms with Crippen LogP contribution in [-0.4, -0.2) is 40.8 Å². The van der Waals surface area contributed by atoms with Gasteiger partial charge >= 0.3 is 11.9 Å². The minimum Gasteiger partial charge on any atom is -0.508 e. The predicted octanol–water partition coefficient (Wildman–Crippen LogP) is 2.26. The van der Waals surface area contributed by atoms with Gasteiger partial charge in [0.2, 0.25) is 0 Å². The number of esters is 2. The highest BCUT2D eigenvalue weighted by molar-refractivity contribution is 5.86. The number of H-pyrrole nitrogens is 1. The molecule has 1 unspecified atom stereocenters. The number of phenols is 1. The summed E-state index contributed by atoms with van der Waals surface area (Å²) < 4.78 is 10.2. The van der Waals surface area contributed by atoms with Gasteiger partial charge < -0.3 is 25.3 Å². The van der Waals surface area contributed by atoms with Crippen LogP contribution in [0.25, 0.3) is 10.9 Å². The van der Waals surface area contributed by atoms with Gasteiger partial charge in [0, 0.05) is 23.5 Å². The topological polar surface area (TPSA) is 115 Å². The Balaban J connectivity index is 1.89.